The second-order valence-corrected chi connectivity index (χ2v) is 2.04. The first kappa shape index (κ1) is 8.01. The van der Waals surface area contributed by atoms with Gasteiger partial charge in [-0.25, -0.2) is 4.98 Å². The van der Waals surface area contributed by atoms with Gasteiger partial charge in [0.05, 0.1) is 13.7 Å². The maximum Gasteiger partial charge on any atom is 0.218 e. The fourth-order valence-corrected chi connectivity index (χ4v) is 0.821. The molecule has 0 aliphatic carbocycles. The van der Waals surface area contributed by atoms with Gasteiger partial charge in [0, 0.05) is 24.9 Å². The third-order valence-electron chi connectivity index (χ3n) is 1.28. The third kappa shape index (κ3) is 1.91. The molecule has 3 nitrogen and oxygen atoms in total. The second-order valence-electron chi connectivity index (χ2n) is 2.04. The molecule has 1 heterocycles. The average molecular weight is 152 g/mol. The number of aromatic nitrogens is 1. The van der Waals surface area contributed by atoms with Crippen LogP contribution in [0.4, 0.5) is 0 Å². The molecular weight excluding hydrogens is 142 g/mol. The fraction of sp³-hybridized carbons (Fsp3) is 0.375. The Morgan fingerprint density at radius 1 is 1.55 bits per heavy atom. The van der Waals surface area contributed by atoms with Crippen LogP contribution in [-0.2, 0) is 11.3 Å². The van der Waals surface area contributed by atoms with Gasteiger partial charge in [-0.1, -0.05) is 0 Å². The average Bonchev–Trinajstić information content (AvgIpc) is 2.06. The largest absolute Gasteiger partial charge is 0.481 e. The van der Waals surface area contributed by atoms with Crippen molar-refractivity contribution in [2.45, 2.75) is 6.61 Å². The van der Waals surface area contributed by atoms with Crippen LogP contribution in [0.5, 0.6) is 5.88 Å². The van der Waals surface area contributed by atoms with E-state index in [0.717, 1.165) is 5.56 Å². The van der Waals surface area contributed by atoms with E-state index in [0.29, 0.717) is 12.5 Å². The summed E-state index contributed by atoms with van der Waals surface area (Å²) in [6, 6.07) is 4.65. The Balaban J connectivity index is 2.83. The minimum absolute atomic E-state index is 0.507. The summed E-state index contributed by atoms with van der Waals surface area (Å²) in [6.45, 7) is 0.507. The molecule has 1 aromatic heterocycles. The lowest BCUT2D eigenvalue weighted by molar-refractivity contribution is 0.181. The highest BCUT2D eigenvalue weighted by molar-refractivity contribution is 5.23. The van der Waals surface area contributed by atoms with E-state index >= 15 is 0 Å². The van der Waals surface area contributed by atoms with Gasteiger partial charge >= 0.3 is 0 Å². The Bertz CT molecular complexity index is 225. The number of hydrogen-bond donors (Lipinski definition) is 0. The van der Waals surface area contributed by atoms with Crippen molar-refractivity contribution in [1.82, 2.24) is 4.98 Å². The van der Waals surface area contributed by atoms with Crippen molar-refractivity contribution in [2.24, 2.45) is 0 Å². The van der Waals surface area contributed by atoms with E-state index < -0.39 is 0 Å². The number of nitrogens with zero attached hydrogens (tertiary/aromatic N) is 1. The lowest BCUT2D eigenvalue weighted by Crippen LogP contribution is -1.95. The SMILES string of the molecule is COCc1c[c]cnc1OC. The van der Waals surface area contributed by atoms with Crippen LogP contribution < -0.4 is 4.74 Å². The molecule has 0 saturated heterocycles. The van der Waals surface area contributed by atoms with Gasteiger partial charge in [0.1, 0.15) is 0 Å². The van der Waals surface area contributed by atoms with Gasteiger partial charge in [-0.2, -0.15) is 0 Å². The van der Waals surface area contributed by atoms with E-state index in [1.54, 1.807) is 26.5 Å². The monoisotopic (exact) mass is 152 g/mol. The van der Waals surface area contributed by atoms with Gasteiger partial charge in [0.25, 0.3) is 0 Å². The summed E-state index contributed by atoms with van der Waals surface area (Å²) in [5.74, 6) is 0.602. The molecule has 59 valence electrons. The minimum Gasteiger partial charge on any atom is -0.481 e. The van der Waals surface area contributed by atoms with Crippen molar-refractivity contribution < 1.29 is 9.47 Å². The number of methoxy groups -OCH3 is 2. The molecular formula is C8H10NO2. The Morgan fingerprint density at radius 3 is 3.00 bits per heavy atom. The van der Waals surface area contributed by atoms with Crippen molar-refractivity contribution in [1.29, 1.82) is 0 Å². The highest BCUT2D eigenvalue weighted by atomic mass is 16.5. The molecule has 0 bridgehead atoms. The van der Waals surface area contributed by atoms with Crippen molar-refractivity contribution in [2.75, 3.05) is 14.2 Å². The molecule has 0 saturated carbocycles. The van der Waals surface area contributed by atoms with Crippen LogP contribution in [0, 0.1) is 6.07 Å². The van der Waals surface area contributed by atoms with E-state index in [1.165, 1.54) is 0 Å². The Hall–Kier alpha value is -1.09. The van der Waals surface area contributed by atoms with E-state index in [2.05, 4.69) is 11.1 Å². The van der Waals surface area contributed by atoms with Crippen molar-refractivity contribution in [3.8, 4) is 5.88 Å². The van der Waals surface area contributed by atoms with E-state index in [4.69, 9.17) is 9.47 Å². The van der Waals surface area contributed by atoms with Crippen LogP contribution in [0.25, 0.3) is 0 Å². The van der Waals surface area contributed by atoms with Gasteiger partial charge in [0.15, 0.2) is 0 Å². The molecule has 1 rings (SSSR count). The first-order chi connectivity index (χ1) is 5.38. The molecule has 0 atom stereocenters. The third-order valence-corrected chi connectivity index (χ3v) is 1.28. The van der Waals surface area contributed by atoms with Crippen LogP contribution >= 0.6 is 0 Å². The number of ether oxygens (including phenoxy) is 2. The highest BCUT2D eigenvalue weighted by Gasteiger charge is 2.00. The van der Waals surface area contributed by atoms with E-state index in [9.17, 15) is 0 Å². The molecule has 3 heteroatoms. The van der Waals surface area contributed by atoms with E-state index in [-0.39, 0.29) is 0 Å². The van der Waals surface area contributed by atoms with Gasteiger partial charge in [-0.3, -0.25) is 0 Å². The summed E-state index contributed by atoms with van der Waals surface area (Å²) in [4.78, 5) is 3.96. The van der Waals surface area contributed by atoms with Gasteiger partial charge in [0.2, 0.25) is 5.88 Å². The number of pyridine rings is 1. The zero-order valence-corrected chi connectivity index (χ0v) is 6.63. The van der Waals surface area contributed by atoms with Crippen molar-refractivity contribution >= 4 is 0 Å². The molecule has 0 aliphatic rings. The standard InChI is InChI=1S/C8H10NO2/c1-10-6-7-4-3-5-9-8(7)11-2/h4-5H,6H2,1-2H3. The summed E-state index contributed by atoms with van der Waals surface area (Å²) in [5, 5.41) is 0. The van der Waals surface area contributed by atoms with Crippen LogP contribution in [0.1, 0.15) is 5.56 Å². The summed E-state index contributed by atoms with van der Waals surface area (Å²) in [7, 11) is 3.22. The zero-order chi connectivity index (χ0) is 8.10. The summed E-state index contributed by atoms with van der Waals surface area (Å²) in [6.07, 6.45) is 1.57. The lowest BCUT2D eigenvalue weighted by Gasteiger charge is -2.03. The topological polar surface area (TPSA) is 31.4 Å². The smallest absolute Gasteiger partial charge is 0.218 e. The molecule has 1 radical (unpaired) electrons. The normalized spacial score (nSPS) is 9.64. The molecule has 0 N–H and O–H groups in total. The Kier molecular flexibility index (Phi) is 2.86. The molecule has 11 heavy (non-hydrogen) atoms. The molecule has 0 spiro atoms. The van der Waals surface area contributed by atoms with E-state index in [1.807, 2.05) is 0 Å². The summed E-state index contributed by atoms with van der Waals surface area (Å²) in [5.41, 5.74) is 0.914. The maximum atomic E-state index is 4.99. The van der Waals surface area contributed by atoms with Crippen LogP contribution in [0.15, 0.2) is 12.3 Å². The number of hydrogen-bond acceptors (Lipinski definition) is 3. The summed E-state index contributed by atoms with van der Waals surface area (Å²) >= 11 is 0. The lowest BCUT2D eigenvalue weighted by atomic mass is 10.3. The zero-order valence-electron chi connectivity index (χ0n) is 6.63. The minimum atomic E-state index is 0.507. The van der Waals surface area contributed by atoms with Crippen molar-refractivity contribution in [3.05, 3.63) is 23.9 Å². The summed E-state index contributed by atoms with van der Waals surface area (Å²) < 4.78 is 9.92. The quantitative estimate of drug-likeness (QED) is 0.648. The van der Waals surface area contributed by atoms with Crippen LogP contribution in [0.3, 0.4) is 0 Å². The fourth-order valence-electron chi connectivity index (χ4n) is 0.821. The molecule has 0 fully saturated rings. The predicted octanol–water partition coefficient (Wildman–Crippen LogP) is 1.04. The predicted molar refractivity (Wildman–Crippen MR) is 40.3 cm³/mol. The first-order valence-electron chi connectivity index (χ1n) is 3.26. The number of rotatable bonds is 3. The first-order valence-corrected chi connectivity index (χ1v) is 3.26. The van der Waals surface area contributed by atoms with Crippen molar-refractivity contribution in [3.63, 3.8) is 0 Å². The molecule has 0 amide bonds. The van der Waals surface area contributed by atoms with Gasteiger partial charge in [-0.05, 0) is 6.07 Å². The Labute approximate surface area is 66.0 Å². The molecule has 0 aliphatic heterocycles. The molecule has 0 aromatic carbocycles. The molecule has 0 unspecified atom stereocenters. The second kappa shape index (κ2) is 3.93. The highest BCUT2D eigenvalue weighted by Crippen LogP contribution is 2.13. The van der Waals surface area contributed by atoms with Crippen LogP contribution in [-0.4, -0.2) is 19.2 Å². The van der Waals surface area contributed by atoms with Gasteiger partial charge in [-0.15, -0.1) is 0 Å². The molecule has 1 aromatic rings. The van der Waals surface area contributed by atoms with Crippen LogP contribution in [0.2, 0.25) is 0 Å². The van der Waals surface area contributed by atoms with Gasteiger partial charge < -0.3 is 9.47 Å². The Morgan fingerprint density at radius 2 is 2.36 bits per heavy atom. The maximum absolute atomic E-state index is 4.99.